The number of hydrogen-bond donors (Lipinski definition) is 3. The second kappa shape index (κ2) is 7.22. The number of amides is 2. The summed E-state index contributed by atoms with van der Waals surface area (Å²) in [5.41, 5.74) is 7.38. The highest BCUT2D eigenvalue weighted by Gasteiger charge is 2.27. The minimum Gasteiger partial charge on any atom is -0.326 e. The Morgan fingerprint density at radius 3 is 2.48 bits per heavy atom. The van der Waals surface area contributed by atoms with Gasteiger partial charge in [0.15, 0.2) is 0 Å². The van der Waals surface area contributed by atoms with Crippen molar-refractivity contribution in [2.75, 3.05) is 10.6 Å². The molecular weight excluding hydrogens is 266 g/mol. The van der Waals surface area contributed by atoms with Gasteiger partial charge in [-0.05, 0) is 38.0 Å². The molecule has 0 aliphatic heterocycles. The lowest BCUT2D eigenvalue weighted by molar-refractivity contribution is -0.120. The van der Waals surface area contributed by atoms with Crippen LogP contribution in [0.5, 0.6) is 0 Å². The van der Waals surface area contributed by atoms with E-state index in [1.165, 1.54) is 0 Å². The number of rotatable bonds is 6. The maximum Gasteiger partial charge on any atom is 0.244 e. The fourth-order valence-electron chi connectivity index (χ4n) is 1.98. The Labute approximate surface area is 126 Å². The Kier molecular flexibility index (Phi) is 5.90. The zero-order chi connectivity index (χ0) is 16.0. The summed E-state index contributed by atoms with van der Waals surface area (Å²) in [6.07, 6.45) is 1.86. The van der Waals surface area contributed by atoms with Gasteiger partial charge in [0.25, 0.3) is 0 Å². The quantitative estimate of drug-likeness (QED) is 0.753. The van der Waals surface area contributed by atoms with Crippen LogP contribution in [-0.2, 0) is 9.59 Å². The van der Waals surface area contributed by atoms with E-state index in [0.717, 1.165) is 12.0 Å². The molecule has 0 heterocycles. The van der Waals surface area contributed by atoms with Gasteiger partial charge >= 0.3 is 0 Å². The highest BCUT2D eigenvalue weighted by atomic mass is 16.2. The molecule has 0 fully saturated rings. The van der Waals surface area contributed by atoms with Crippen molar-refractivity contribution in [1.82, 2.24) is 0 Å². The molecule has 2 amide bonds. The molecule has 0 radical (unpaired) electrons. The van der Waals surface area contributed by atoms with Gasteiger partial charge in [-0.15, -0.1) is 0 Å². The van der Waals surface area contributed by atoms with Crippen molar-refractivity contribution in [3.05, 3.63) is 23.8 Å². The Morgan fingerprint density at radius 2 is 1.90 bits per heavy atom. The third-order valence-electron chi connectivity index (χ3n) is 3.38. The van der Waals surface area contributed by atoms with Crippen molar-refractivity contribution >= 4 is 23.2 Å². The molecule has 0 saturated carbocycles. The first-order valence-electron chi connectivity index (χ1n) is 7.31. The number of carbonyl (C=O) groups excluding carboxylic acids is 2. The smallest absolute Gasteiger partial charge is 0.244 e. The van der Waals surface area contributed by atoms with Crippen molar-refractivity contribution in [3.63, 3.8) is 0 Å². The SMILES string of the molecule is CCCC(C)(N)C(=O)Nc1cc(NC(=O)CC)ccc1C. The summed E-state index contributed by atoms with van der Waals surface area (Å²) in [4.78, 5) is 23.7. The van der Waals surface area contributed by atoms with E-state index in [0.29, 0.717) is 24.2 Å². The number of hydrogen-bond acceptors (Lipinski definition) is 3. The fourth-order valence-corrected chi connectivity index (χ4v) is 1.98. The van der Waals surface area contributed by atoms with Gasteiger partial charge in [-0.25, -0.2) is 0 Å². The molecule has 116 valence electrons. The summed E-state index contributed by atoms with van der Waals surface area (Å²) in [5.74, 6) is -0.280. The maximum absolute atomic E-state index is 12.2. The van der Waals surface area contributed by atoms with Crippen LogP contribution >= 0.6 is 0 Å². The largest absolute Gasteiger partial charge is 0.326 e. The van der Waals surface area contributed by atoms with Crippen LogP contribution in [0.2, 0.25) is 0 Å². The predicted molar refractivity (Wildman–Crippen MR) is 86.2 cm³/mol. The van der Waals surface area contributed by atoms with E-state index in [1.54, 1.807) is 19.9 Å². The molecule has 1 atom stereocenters. The number of anilines is 2. The zero-order valence-corrected chi connectivity index (χ0v) is 13.2. The highest BCUT2D eigenvalue weighted by molar-refractivity contribution is 5.99. The van der Waals surface area contributed by atoms with Crippen molar-refractivity contribution in [2.45, 2.75) is 52.5 Å². The molecule has 0 aromatic heterocycles. The van der Waals surface area contributed by atoms with Crippen LogP contribution in [0.4, 0.5) is 11.4 Å². The summed E-state index contributed by atoms with van der Waals surface area (Å²) in [6, 6.07) is 5.42. The third-order valence-corrected chi connectivity index (χ3v) is 3.38. The molecule has 1 rings (SSSR count). The van der Waals surface area contributed by atoms with Crippen LogP contribution < -0.4 is 16.4 Å². The number of benzene rings is 1. The van der Waals surface area contributed by atoms with Gasteiger partial charge in [0.2, 0.25) is 11.8 Å². The Morgan fingerprint density at radius 1 is 1.24 bits per heavy atom. The molecule has 1 aromatic rings. The van der Waals surface area contributed by atoms with E-state index in [9.17, 15) is 9.59 Å². The molecule has 0 aliphatic rings. The van der Waals surface area contributed by atoms with Crippen molar-refractivity contribution in [2.24, 2.45) is 5.73 Å². The Balaban J connectivity index is 2.90. The lowest BCUT2D eigenvalue weighted by Gasteiger charge is -2.23. The van der Waals surface area contributed by atoms with Gasteiger partial charge in [-0.1, -0.05) is 26.3 Å². The topological polar surface area (TPSA) is 84.2 Å². The van der Waals surface area contributed by atoms with Crippen LogP contribution in [0.3, 0.4) is 0 Å². The van der Waals surface area contributed by atoms with Gasteiger partial charge in [0.05, 0.1) is 5.54 Å². The van der Waals surface area contributed by atoms with Gasteiger partial charge in [-0.2, -0.15) is 0 Å². The average molecular weight is 291 g/mol. The molecule has 5 nitrogen and oxygen atoms in total. The van der Waals surface area contributed by atoms with Gasteiger partial charge in [0, 0.05) is 17.8 Å². The normalized spacial score (nSPS) is 13.4. The second-order valence-electron chi connectivity index (χ2n) is 5.55. The third kappa shape index (κ3) is 4.86. The fraction of sp³-hybridized carbons (Fsp3) is 0.500. The summed E-state index contributed by atoms with van der Waals surface area (Å²) < 4.78 is 0. The van der Waals surface area contributed by atoms with Gasteiger partial charge < -0.3 is 16.4 Å². The van der Waals surface area contributed by atoms with Crippen molar-refractivity contribution < 1.29 is 9.59 Å². The minimum atomic E-state index is -0.899. The first-order chi connectivity index (χ1) is 9.80. The molecule has 1 aromatic carbocycles. The molecule has 4 N–H and O–H groups in total. The summed E-state index contributed by atoms with van der Waals surface area (Å²) >= 11 is 0. The molecule has 0 spiro atoms. The number of aryl methyl sites for hydroxylation is 1. The molecule has 0 saturated heterocycles. The summed E-state index contributed by atoms with van der Waals surface area (Å²) in [5, 5.41) is 5.63. The van der Waals surface area contributed by atoms with E-state index < -0.39 is 5.54 Å². The lowest BCUT2D eigenvalue weighted by Crippen LogP contribution is -2.48. The molecule has 5 heteroatoms. The van der Waals surface area contributed by atoms with Crippen LogP contribution in [0.25, 0.3) is 0 Å². The second-order valence-corrected chi connectivity index (χ2v) is 5.55. The van der Waals surface area contributed by atoms with Gasteiger partial charge in [0.1, 0.15) is 0 Å². The highest BCUT2D eigenvalue weighted by Crippen LogP contribution is 2.22. The maximum atomic E-state index is 12.2. The standard InChI is InChI=1S/C16H25N3O2/c1-5-9-16(4,17)15(21)19-13-10-12(8-7-11(13)3)18-14(20)6-2/h7-8,10H,5-6,9,17H2,1-4H3,(H,18,20)(H,19,21). The van der Waals surface area contributed by atoms with E-state index in [-0.39, 0.29) is 11.8 Å². The first-order valence-corrected chi connectivity index (χ1v) is 7.31. The molecule has 0 bridgehead atoms. The Bertz CT molecular complexity index is 524. The van der Waals surface area contributed by atoms with E-state index in [4.69, 9.17) is 5.73 Å². The van der Waals surface area contributed by atoms with Crippen LogP contribution in [0.1, 0.15) is 45.6 Å². The molecule has 0 aliphatic carbocycles. The number of nitrogens with two attached hydrogens (primary N) is 1. The minimum absolute atomic E-state index is 0.0641. The lowest BCUT2D eigenvalue weighted by atomic mass is 9.96. The van der Waals surface area contributed by atoms with E-state index in [1.807, 2.05) is 26.0 Å². The van der Waals surface area contributed by atoms with Gasteiger partial charge in [-0.3, -0.25) is 9.59 Å². The van der Waals surface area contributed by atoms with Crippen LogP contribution in [0, 0.1) is 6.92 Å². The van der Waals surface area contributed by atoms with E-state index >= 15 is 0 Å². The number of nitrogens with one attached hydrogen (secondary N) is 2. The van der Waals surface area contributed by atoms with Crippen molar-refractivity contribution in [1.29, 1.82) is 0 Å². The molecule has 1 unspecified atom stereocenters. The first kappa shape index (κ1) is 17.2. The Hall–Kier alpha value is -1.88. The number of carbonyl (C=O) groups is 2. The van der Waals surface area contributed by atoms with Crippen LogP contribution in [-0.4, -0.2) is 17.4 Å². The summed E-state index contributed by atoms with van der Waals surface area (Å²) in [7, 11) is 0. The summed E-state index contributed by atoms with van der Waals surface area (Å²) in [6.45, 7) is 7.40. The van der Waals surface area contributed by atoms with Crippen molar-refractivity contribution in [3.8, 4) is 0 Å². The predicted octanol–water partition coefficient (Wildman–Crippen LogP) is 2.80. The molecular formula is C16H25N3O2. The van der Waals surface area contributed by atoms with E-state index in [2.05, 4.69) is 10.6 Å². The monoisotopic (exact) mass is 291 g/mol. The molecule has 21 heavy (non-hydrogen) atoms. The van der Waals surface area contributed by atoms with Crippen LogP contribution in [0.15, 0.2) is 18.2 Å². The average Bonchev–Trinajstić information content (AvgIpc) is 2.42. The zero-order valence-electron chi connectivity index (χ0n) is 13.2.